The van der Waals surface area contributed by atoms with Crippen molar-refractivity contribution in [1.29, 1.82) is 0 Å². The minimum Gasteiger partial charge on any atom is -0.321 e. The van der Waals surface area contributed by atoms with Crippen molar-refractivity contribution in [1.82, 2.24) is 0 Å². The van der Waals surface area contributed by atoms with Crippen LogP contribution in [0.1, 0.15) is 6.42 Å². The summed E-state index contributed by atoms with van der Waals surface area (Å²) in [6.07, 6.45) is 0.449. The van der Waals surface area contributed by atoms with Gasteiger partial charge >= 0.3 is 0 Å². The van der Waals surface area contributed by atoms with Crippen LogP contribution in [0.4, 0.5) is 0 Å². The molecule has 9 heavy (non-hydrogen) atoms. The minimum atomic E-state index is -0.402. The number of carbonyl (C=O) groups excluding carboxylic acids is 1. The van der Waals surface area contributed by atoms with E-state index in [2.05, 4.69) is 25.3 Å². The molecule has 0 spiro atoms. The Bertz CT molecular complexity index is 97.0. The van der Waals surface area contributed by atoms with Gasteiger partial charge in [-0.25, -0.2) is 0 Å². The van der Waals surface area contributed by atoms with E-state index in [0.717, 1.165) is 0 Å². The number of hydrogen-bond donors (Lipinski definition) is 3. The molecule has 0 amide bonds. The Kier molecular flexibility index (Phi) is 5.33. The summed E-state index contributed by atoms with van der Waals surface area (Å²) >= 11 is 7.77. The number of ketones is 1. The van der Waals surface area contributed by atoms with E-state index in [-0.39, 0.29) is 5.78 Å². The smallest absolute Gasteiger partial charge is 0.151 e. The molecule has 0 heterocycles. The number of Topliss-reactive ketones (excluding diaryl/α,β-unsaturated/α-hetero) is 1. The summed E-state index contributed by atoms with van der Waals surface area (Å²) in [6, 6.07) is -0.402. The largest absolute Gasteiger partial charge is 0.321 e. The molecule has 0 rings (SSSR count). The van der Waals surface area contributed by atoms with Gasteiger partial charge in [0.05, 0.1) is 6.04 Å². The summed E-state index contributed by atoms with van der Waals surface area (Å²) in [5, 5.41) is 0. The lowest BCUT2D eigenvalue weighted by Gasteiger charge is -2.03. The van der Waals surface area contributed by atoms with Crippen molar-refractivity contribution in [3.63, 3.8) is 0 Å². The molecule has 2 nitrogen and oxygen atoms in total. The third-order valence-corrected chi connectivity index (χ3v) is 1.59. The number of thiol groups is 2. The maximum atomic E-state index is 10.8. The first-order chi connectivity index (χ1) is 4.22. The van der Waals surface area contributed by atoms with Gasteiger partial charge in [0.2, 0.25) is 0 Å². The van der Waals surface area contributed by atoms with Crippen LogP contribution in [0.25, 0.3) is 0 Å². The van der Waals surface area contributed by atoms with E-state index in [0.29, 0.717) is 17.9 Å². The molecule has 0 aliphatic heterocycles. The molecule has 0 radical (unpaired) electrons. The minimum absolute atomic E-state index is 0.0417. The maximum Gasteiger partial charge on any atom is 0.151 e. The molecule has 0 aromatic rings. The highest BCUT2D eigenvalue weighted by molar-refractivity contribution is 7.80. The van der Waals surface area contributed by atoms with Crippen molar-refractivity contribution in [3.8, 4) is 0 Å². The quantitative estimate of drug-likeness (QED) is 0.519. The van der Waals surface area contributed by atoms with Gasteiger partial charge < -0.3 is 5.73 Å². The lowest BCUT2D eigenvalue weighted by atomic mass is 10.2. The normalized spacial score (nSPS) is 13.2. The van der Waals surface area contributed by atoms with Crippen molar-refractivity contribution in [2.45, 2.75) is 12.5 Å². The van der Waals surface area contributed by atoms with Crippen molar-refractivity contribution < 1.29 is 4.79 Å². The Morgan fingerprint density at radius 1 is 1.56 bits per heavy atom. The van der Waals surface area contributed by atoms with Crippen molar-refractivity contribution in [2.75, 3.05) is 11.5 Å². The number of hydrogen-bond acceptors (Lipinski definition) is 4. The van der Waals surface area contributed by atoms with Crippen LogP contribution in [0.15, 0.2) is 0 Å². The number of nitrogens with two attached hydrogens (primary N) is 1. The molecule has 0 aromatic carbocycles. The maximum absolute atomic E-state index is 10.8. The zero-order valence-corrected chi connectivity index (χ0v) is 6.87. The van der Waals surface area contributed by atoms with Crippen molar-refractivity contribution in [3.05, 3.63) is 0 Å². The SMILES string of the molecule is NC(CS)C(=O)CCS. The molecule has 0 aromatic heterocycles. The molecule has 1 atom stereocenters. The van der Waals surface area contributed by atoms with Gasteiger partial charge in [0.1, 0.15) is 0 Å². The fourth-order valence-electron chi connectivity index (χ4n) is 0.397. The fraction of sp³-hybridized carbons (Fsp3) is 0.800. The molecule has 2 N–H and O–H groups in total. The van der Waals surface area contributed by atoms with Gasteiger partial charge in [-0.05, 0) is 5.75 Å². The topological polar surface area (TPSA) is 43.1 Å². The van der Waals surface area contributed by atoms with E-state index in [1.807, 2.05) is 0 Å². The monoisotopic (exact) mass is 165 g/mol. The second-order valence-corrected chi connectivity index (χ2v) is 2.54. The van der Waals surface area contributed by atoms with Gasteiger partial charge in [0.25, 0.3) is 0 Å². The van der Waals surface area contributed by atoms with E-state index in [4.69, 9.17) is 5.73 Å². The summed E-state index contributed by atoms with van der Waals surface area (Å²) < 4.78 is 0. The fourth-order valence-corrected chi connectivity index (χ4v) is 0.821. The molecule has 0 aliphatic carbocycles. The van der Waals surface area contributed by atoms with Crippen molar-refractivity contribution >= 4 is 31.0 Å². The molecule has 0 saturated heterocycles. The van der Waals surface area contributed by atoms with Gasteiger partial charge in [-0.3, -0.25) is 4.79 Å². The molecule has 0 bridgehead atoms. The van der Waals surface area contributed by atoms with Gasteiger partial charge in [-0.15, -0.1) is 0 Å². The third kappa shape index (κ3) is 3.83. The van der Waals surface area contributed by atoms with Gasteiger partial charge in [-0.1, -0.05) is 0 Å². The highest BCUT2D eigenvalue weighted by Crippen LogP contribution is 1.92. The molecule has 0 saturated carbocycles. The highest BCUT2D eigenvalue weighted by atomic mass is 32.1. The third-order valence-electron chi connectivity index (χ3n) is 0.968. The summed E-state index contributed by atoms with van der Waals surface area (Å²) in [5.74, 6) is 1.03. The van der Waals surface area contributed by atoms with E-state index in [9.17, 15) is 4.79 Å². The lowest BCUT2D eigenvalue weighted by Crippen LogP contribution is -2.32. The van der Waals surface area contributed by atoms with Gasteiger partial charge in [0.15, 0.2) is 5.78 Å². The van der Waals surface area contributed by atoms with Crippen LogP contribution in [-0.2, 0) is 4.79 Å². The van der Waals surface area contributed by atoms with Crippen LogP contribution >= 0.6 is 25.3 Å². The Hall–Kier alpha value is 0.330. The van der Waals surface area contributed by atoms with E-state index >= 15 is 0 Å². The molecular formula is C5H11NOS2. The van der Waals surface area contributed by atoms with Crippen LogP contribution in [-0.4, -0.2) is 23.3 Å². The molecular weight excluding hydrogens is 154 g/mol. The highest BCUT2D eigenvalue weighted by Gasteiger charge is 2.08. The zero-order valence-electron chi connectivity index (χ0n) is 5.08. The second-order valence-electron chi connectivity index (χ2n) is 1.73. The average Bonchev–Trinajstić information content (AvgIpc) is 1.87. The predicted molar refractivity (Wildman–Crippen MR) is 45.3 cm³/mol. The first-order valence-electron chi connectivity index (χ1n) is 2.72. The molecule has 1 unspecified atom stereocenters. The first kappa shape index (κ1) is 9.33. The van der Waals surface area contributed by atoms with Gasteiger partial charge in [-0.2, -0.15) is 25.3 Å². The molecule has 54 valence electrons. The Morgan fingerprint density at radius 3 is 2.44 bits per heavy atom. The van der Waals surface area contributed by atoms with Crippen molar-refractivity contribution in [2.24, 2.45) is 5.73 Å². The van der Waals surface area contributed by atoms with E-state index < -0.39 is 6.04 Å². The Labute approximate surface area is 66.0 Å². The summed E-state index contributed by atoms with van der Waals surface area (Å²) in [4.78, 5) is 10.8. The number of rotatable bonds is 4. The Morgan fingerprint density at radius 2 is 2.11 bits per heavy atom. The van der Waals surface area contributed by atoms with Crippen LogP contribution in [0, 0.1) is 0 Å². The summed E-state index contributed by atoms with van der Waals surface area (Å²) in [5.41, 5.74) is 5.34. The summed E-state index contributed by atoms with van der Waals surface area (Å²) in [6.45, 7) is 0. The van der Waals surface area contributed by atoms with Crippen LogP contribution in [0.2, 0.25) is 0 Å². The predicted octanol–water partition coefficient (Wildman–Crippen LogP) is 0.132. The standard InChI is InChI=1S/C5H11NOS2/c6-4(3-9)5(7)1-2-8/h4,8-9H,1-3,6H2. The first-order valence-corrected chi connectivity index (χ1v) is 3.99. The summed E-state index contributed by atoms with van der Waals surface area (Å²) in [7, 11) is 0. The number of carbonyl (C=O) groups is 1. The molecule has 0 aliphatic rings. The van der Waals surface area contributed by atoms with Crippen LogP contribution in [0.5, 0.6) is 0 Å². The lowest BCUT2D eigenvalue weighted by molar-refractivity contribution is -0.119. The van der Waals surface area contributed by atoms with E-state index in [1.165, 1.54) is 0 Å². The zero-order chi connectivity index (χ0) is 7.28. The Balaban J connectivity index is 3.46. The average molecular weight is 165 g/mol. The molecule has 4 heteroatoms. The van der Waals surface area contributed by atoms with E-state index in [1.54, 1.807) is 0 Å². The molecule has 0 fully saturated rings. The van der Waals surface area contributed by atoms with Crippen LogP contribution in [0.3, 0.4) is 0 Å². The second kappa shape index (κ2) is 5.14. The van der Waals surface area contributed by atoms with Gasteiger partial charge in [0, 0.05) is 12.2 Å². The van der Waals surface area contributed by atoms with Crippen LogP contribution < -0.4 is 5.73 Å².